The molecule has 84 valence electrons. The van der Waals surface area contributed by atoms with Gasteiger partial charge in [0.2, 0.25) is 0 Å². The van der Waals surface area contributed by atoms with Crippen LogP contribution in [0.25, 0.3) is 0 Å². The largest absolute Gasteiger partial charge is 0.272 e. The molecular formula is C12H20N2O. The maximum Gasteiger partial charge on any atom is 0.252 e. The first-order valence-corrected chi connectivity index (χ1v) is 5.99. The summed E-state index contributed by atoms with van der Waals surface area (Å²) in [5, 5.41) is 6.23. The van der Waals surface area contributed by atoms with E-state index in [4.69, 9.17) is 0 Å². The zero-order valence-electron chi connectivity index (χ0n) is 9.86. The van der Waals surface area contributed by atoms with E-state index in [1.807, 2.05) is 6.92 Å². The van der Waals surface area contributed by atoms with Crippen LogP contribution in [0.1, 0.15) is 46.5 Å². The van der Waals surface area contributed by atoms with Gasteiger partial charge in [0.15, 0.2) is 0 Å². The van der Waals surface area contributed by atoms with Gasteiger partial charge >= 0.3 is 0 Å². The zero-order valence-corrected chi connectivity index (χ0v) is 9.86. The van der Waals surface area contributed by atoms with E-state index in [-0.39, 0.29) is 11.8 Å². The minimum atomic E-state index is 0.0330. The van der Waals surface area contributed by atoms with E-state index in [0.29, 0.717) is 12.0 Å². The maximum absolute atomic E-state index is 12.2. The summed E-state index contributed by atoms with van der Waals surface area (Å²) >= 11 is 0. The lowest BCUT2D eigenvalue weighted by atomic mass is 9.91. The summed E-state index contributed by atoms with van der Waals surface area (Å²) in [6, 6.07) is 0.385. The topological polar surface area (TPSA) is 32.7 Å². The minimum absolute atomic E-state index is 0.0330. The number of hydrogen-bond acceptors (Lipinski definition) is 2. The first kappa shape index (κ1) is 10.7. The number of carbonyl (C=O) groups excluding carboxylic acids is 1. The fourth-order valence-electron chi connectivity index (χ4n) is 2.78. The Morgan fingerprint density at radius 2 is 1.93 bits per heavy atom. The van der Waals surface area contributed by atoms with Gasteiger partial charge < -0.3 is 0 Å². The van der Waals surface area contributed by atoms with E-state index in [1.165, 1.54) is 12.8 Å². The number of nitrogens with zero attached hydrogens (tertiary/aromatic N) is 2. The molecule has 2 aliphatic rings. The van der Waals surface area contributed by atoms with Crippen LogP contribution in [0.4, 0.5) is 0 Å². The lowest BCUT2D eigenvalue weighted by Gasteiger charge is -2.21. The van der Waals surface area contributed by atoms with Crippen LogP contribution in [0.5, 0.6) is 0 Å². The molecule has 0 saturated heterocycles. The van der Waals surface area contributed by atoms with Crippen molar-refractivity contribution >= 4 is 11.6 Å². The molecule has 1 unspecified atom stereocenters. The summed E-state index contributed by atoms with van der Waals surface area (Å²) in [5.41, 5.74) is 1.00. The number of hydrogen-bond donors (Lipinski definition) is 0. The summed E-state index contributed by atoms with van der Waals surface area (Å²) in [6.45, 7) is 6.18. The SMILES string of the molecule is CC1=NN(C2CCCC2)C(=O)C1C(C)C. The monoisotopic (exact) mass is 208 g/mol. The average molecular weight is 208 g/mol. The summed E-state index contributed by atoms with van der Waals surface area (Å²) < 4.78 is 0. The second kappa shape index (κ2) is 3.95. The number of carbonyl (C=O) groups is 1. The average Bonchev–Trinajstić information content (AvgIpc) is 2.72. The van der Waals surface area contributed by atoms with Gasteiger partial charge in [-0.3, -0.25) is 4.79 Å². The molecule has 0 aromatic carbocycles. The highest BCUT2D eigenvalue weighted by Gasteiger charge is 2.39. The van der Waals surface area contributed by atoms with E-state index < -0.39 is 0 Å². The molecule has 0 radical (unpaired) electrons. The standard InChI is InChI=1S/C12H20N2O/c1-8(2)11-9(3)13-14(12(11)15)10-6-4-5-7-10/h8,10-11H,4-7H2,1-3H3. The van der Waals surface area contributed by atoms with Crippen molar-refractivity contribution in [3.8, 4) is 0 Å². The molecule has 0 N–H and O–H groups in total. The first-order valence-electron chi connectivity index (χ1n) is 5.99. The molecule has 2 rings (SSSR count). The maximum atomic E-state index is 12.2. The Labute approximate surface area is 91.5 Å². The first-order chi connectivity index (χ1) is 7.11. The highest BCUT2D eigenvalue weighted by atomic mass is 16.2. The lowest BCUT2D eigenvalue weighted by Crippen LogP contribution is -2.35. The van der Waals surface area contributed by atoms with Gasteiger partial charge in [-0.05, 0) is 25.7 Å². The van der Waals surface area contributed by atoms with Crippen LogP contribution in [0.15, 0.2) is 5.10 Å². The molecule has 1 aliphatic carbocycles. The highest BCUT2D eigenvalue weighted by molar-refractivity contribution is 6.07. The third-order valence-corrected chi connectivity index (χ3v) is 3.54. The van der Waals surface area contributed by atoms with E-state index in [2.05, 4.69) is 18.9 Å². The van der Waals surface area contributed by atoms with Crippen LogP contribution in [-0.2, 0) is 4.79 Å². The molecule has 0 bridgehead atoms. The molecule has 3 nitrogen and oxygen atoms in total. The summed E-state index contributed by atoms with van der Waals surface area (Å²) in [6.07, 6.45) is 4.76. The summed E-state index contributed by atoms with van der Waals surface area (Å²) in [4.78, 5) is 12.2. The zero-order chi connectivity index (χ0) is 11.0. The van der Waals surface area contributed by atoms with Crippen molar-refractivity contribution in [1.29, 1.82) is 0 Å². The van der Waals surface area contributed by atoms with Crippen LogP contribution < -0.4 is 0 Å². The van der Waals surface area contributed by atoms with Crippen LogP contribution in [0.3, 0.4) is 0 Å². The van der Waals surface area contributed by atoms with Gasteiger partial charge in [-0.1, -0.05) is 26.7 Å². The van der Waals surface area contributed by atoms with Crippen LogP contribution >= 0.6 is 0 Å². The predicted octanol–water partition coefficient (Wildman–Crippen LogP) is 2.42. The van der Waals surface area contributed by atoms with E-state index >= 15 is 0 Å². The van der Waals surface area contributed by atoms with E-state index in [1.54, 1.807) is 5.01 Å². The Kier molecular flexibility index (Phi) is 2.81. The van der Waals surface area contributed by atoms with Crippen molar-refractivity contribution in [2.24, 2.45) is 16.9 Å². The molecule has 1 saturated carbocycles. The van der Waals surface area contributed by atoms with Crippen LogP contribution in [-0.4, -0.2) is 22.7 Å². The molecule has 1 heterocycles. The molecule has 1 amide bonds. The lowest BCUT2D eigenvalue weighted by molar-refractivity contribution is -0.134. The predicted molar refractivity (Wildman–Crippen MR) is 60.5 cm³/mol. The third-order valence-electron chi connectivity index (χ3n) is 3.54. The molecule has 1 aliphatic heterocycles. The number of hydrazone groups is 1. The Bertz CT molecular complexity index is 290. The van der Waals surface area contributed by atoms with Gasteiger partial charge in [0.1, 0.15) is 0 Å². The van der Waals surface area contributed by atoms with Crippen molar-refractivity contribution in [2.45, 2.75) is 52.5 Å². The third kappa shape index (κ3) is 1.80. The van der Waals surface area contributed by atoms with Gasteiger partial charge in [-0.15, -0.1) is 0 Å². The van der Waals surface area contributed by atoms with E-state index in [0.717, 1.165) is 18.6 Å². The quantitative estimate of drug-likeness (QED) is 0.686. The Morgan fingerprint density at radius 1 is 1.33 bits per heavy atom. The molecule has 0 aromatic rings. The van der Waals surface area contributed by atoms with Crippen molar-refractivity contribution in [2.75, 3.05) is 0 Å². The second-order valence-electron chi connectivity index (χ2n) is 5.08. The molecule has 0 spiro atoms. The molecule has 1 fully saturated rings. The molecular weight excluding hydrogens is 188 g/mol. The molecule has 0 aromatic heterocycles. The fraction of sp³-hybridized carbons (Fsp3) is 0.833. The van der Waals surface area contributed by atoms with Gasteiger partial charge in [0, 0.05) is 5.71 Å². The smallest absolute Gasteiger partial charge is 0.252 e. The second-order valence-corrected chi connectivity index (χ2v) is 5.08. The Hall–Kier alpha value is -0.860. The summed E-state index contributed by atoms with van der Waals surface area (Å²) in [7, 11) is 0. The minimum Gasteiger partial charge on any atom is -0.272 e. The normalized spacial score (nSPS) is 28.0. The van der Waals surface area contributed by atoms with Gasteiger partial charge in [-0.25, -0.2) is 5.01 Å². The Balaban J connectivity index is 2.13. The van der Waals surface area contributed by atoms with Crippen molar-refractivity contribution < 1.29 is 4.79 Å². The van der Waals surface area contributed by atoms with Crippen LogP contribution in [0.2, 0.25) is 0 Å². The van der Waals surface area contributed by atoms with Crippen LogP contribution in [0, 0.1) is 11.8 Å². The van der Waals surface area contributed by atoms with Gasteiger partial charge in [0.05, 0.1) is 12.0 Å². The molecule has 15 heavy (non-hydrogen) atoms. The number of amides is 1. The Morgan fingerprint density at radius 3 is 2.40 bits per heavy atom. The van der Waals surface area contributed by atoms with Crippen molar-refractivity contribution in [3.05, 3.63) is 0 Å². The highest BCUT2D eigenvalue weighted by Crippen LogP contribution is 2.31. The van der Waals surface area contributed by atoms with Gasteiger partial charge in [0.25, 0.3) is 5.91 Å². The summed E-state index contributed by atoms with van der Waals surface area (Å²) in [5.74, 6) is 0.632. The number of rotatable bonds is 2. The molecule has 3 heteroatoms. The van der Waals surface area contributed by atoms with Crippen molar-refractivity contribution in [3.63, 3.8) is 0 Å². The fourth-order valence-corrected chi connectivity index (χ4v) is 2.78. The van der Waals surface area contributed by atoms with Gasteiger partial charge in [-0.2, -0.15) is 5.10 Å². The molecule has 1 atom stereocenters. The van der Waals surface area contributed by atoms with Crippen molar-refractivity contribution in [1.82, 2.24) is 5.01 Å². The van der Waals surface area contributed by atoms with E-state index in [9.17, 15) is 4.79 Å².